The second kappa shape index (κ2) is 7.24. The number of carbonyl (C=O) groups is 1. The van der Waals surface area contributed by atoms with Crippen molar-refractivity contribution in [1.82, 2.24) is 14.5 Å². The lowest BCUT2D eigenvalue weighted by molar-refractivity contribution is 0.0683. The maximum atomic E-state index is 12.9. The minimum absolute atomic E-state index is 0.0462. The van der Waals surface area contributed by atoms with E-state index in [2.05, 4.69) is 17.1 Å². The Bertz CT molecular complexity index is 1050. The van der Waals surface area contributed by atoms with Crippen LogP contribution in [0.5, 0.6) is 0 Å². The van der Waals surface area contributed by atoms with Gasteiger partial charge in [0.1, 0.15) is 0 Å². The molecule has 1 fully saturated rings. The fourth-order valence-electron chi connectivity index (χ4n) is 3.95. The Kier molecular flexibility index (Phi) is 4.77. The first-order chi connectivity index (χ1) is 13.5. The van der Waals surface area contributed by atoms with Crippen molar-refractivity contribution in [3.63, 3.8) is 0 Å². The van der Waals surface area contributed by atoms with Gasteiger partial charge in [0.25, 0.3) is 5.91 Å². The summed E-state index contributed by atoms with van der Waals surface area (Å²) in [4.78, 5) is 31.0. The number of benzene rings is 1. The lowest BCUT2D eigenvalue weighted by Crippen LogP contribution is -2.46. The number of hydrogen-bond donors (Lipinski definition) is 1. The van der Waals surface area contributed by atoms with Gasteiger partial charge < -0.3 is 15.2 Å². The quantitative estimate of drug-likeness (QED) is 0.740. The first kappa shape index (κ1) is 18.4. The normalized spacial score (nSPS) is 16.1. The molecule has 2 aromatic heterocycles. The van der Waals surface area contributed by atoms with Crippen LogP contribution in [-0.2, 0) is 12.5 Å². The second-order valence-electron chi connectivity index (χ2n) is 7.18. The largest absolute Gasteiger partial charge is 0.375 e. The fourth-order valence-corrected chi connectivity index (χ4v) is 4.61. The van der Waals surface area contributed by atoms with Gasteiger partial charge in [-0.2, -0.15) is 0 Å². The van der Waals surface area contributed by atoms with Gasteiger partial charge in [-0.3, -0.25) is 9.59 Å². The van der Waals surface area contributed by atoms with Crippen LogP contribution in [-0.4, -0.2) is 33.4 Å². The average Bonchev–Trinajstić information content (AvgIpc) is 3.17. The Morgan fingerprint density at radius 3 is 2.46 bits per heavy atom. The summed E-state index contributed by atoms with van der Waals surface area (Å²) in [6.07, 6.45) is 3.15. The maximum absolute atomic E-state index is 12.9. The Labute approximate surface area is 167 Å². The third kappa shape index (κ3) is 3.22. The van der Waals surface area contributed by atoms with Crippen LogP contribution < -0.4 is 11.3 Å². The number of nitrogens with two attached hydrogens (primary N) is 1. The minimum Gasteiger partial charge on any atom is -0.375 e. The monoisotopic (exact) mass is 394 g/mol. The number of nitrogen functional groups attached to an aromatic ring is 1. The number of anilines is 1. The Balaban J connectivity index is 1.61. The molecule has 7 heteroatoms. The molecule has 28 heavy (non-hydrogen) atoms. The van der Waals surface area contributed by atoms with Gasteiger partial charge in [-0.15, -0.1) is 11.3 Å². The molecule has 0 atom stereocenters. The van der Waals surface area contributed by atoms with Crippen molar-refractivity contribution in [2.45, 2.75) is 18.3 Å². The number of thiazole rings is 1. The molecule has 1 amide bonds. The SMILES string of the molecule is Cn1cc(C(=O)N2CCC(c3ccccc3)(c3csc(N)n3)CC2)ccc1=O. The predicted octanol–water partition coefficient (Wildman–Crippen LogP) is 2.65. The summed E-state index contributed by atoms with van der Waals surface area (Å²) < 4.78 is 1.43. The fraction of sp³-hybridized carbons (Fsp3) is 0.286. The highest BCUT2D eigenvalue weighted by Crippen LogP contribution is 2.42. The van der Waals surface area contributed by atoms with E-state index in [1.54, 1.807) is 19.3 Å². The Hall–Kier alpha value is -2.93. The zero-order chi connectivity index (χ0) is 19.7. The van der Waals surface area contributed by atoms with Crippen molar-refractivity contribution in [2.75, 3.05) is 18.8 Å². The van der Waals surface area contributed by atoms with Crippen LogP contribution in [0.15, 0.2) is 58.8 Å². The average molecular weight is 395 g/mol. The third-order valence-electron chi connectivity index (χ3n) is 5.58. The zero-order valence-corrected chi connectivity index (χ0v) is 16.5. The number of pyridine rings is 1. The summed E-state index contributed by atoms with van der Waals surface area (Å²) in [5, 5.41) is 2.60. The van der Waals surface area contributed by atoms with E-state index >= 15 is 0 Å². The van der Waals surface area contributed by atoms with Gasteiger partial charge in [0, 0.05) is 43.2 Å². The number of rotatable bonds is 3. The molecule has 2 N–H and O–H groups in total. The molecule has 0 radical (unpaired) electrons. The molecule has 0 aliphatic carbocycles. The molecule has 1 aromatic carbocycles. The van der Waals surface area contributed by atoms with Crippen LogP contribution in [0.3, 0.4) is 0 Å². The number of nitrogens with zero attached hydrogens (tertiary/aromatic N) is 3. The summed E-state index contributed by atoms with van der Waals surface area (Å²) in [6, 6.07) is 13.4. The summed E-state index contributed by atoms with van der Waals surface area (Å²) in [5.41, 5.74) is 8.27. The number of piperidine rings is 1. The lowest BCUT2D eigenvalue weighted by Gasteiger charge is -2.41. The second-order valence-corrected chi connectivity index (χ2v) is 8.07. The number of amides is 1. The van der Waals surface area contributed by atoms with E-state index in [0.29, 0.717) is 23.8 Å². The van der Waals surface area contributed by atoms with Crippen molar-refractivity contribution in [3.8, 4) is 0 Å². The molecule has 4 rings (SSSR count). The number of aryl methyl sites for hydroxylation is 1. The van der Waals surface area contributed by atoms with E-state index < -0.39 is 0 Å². The van der Waals surface area contributed by atoms with E-state index in [-0.39, 0.29) is 16.9 Å². The highest BCUT2D eigenvalue weighted by Gasteiger charge is 2.40. The third-order valence-corrected chi connectivity index (χ3v) is 6.25. The number of carbonyl (C=O) groups excluding carboxylic acids is 1. The standard InChI is InChI=1S/C21H22N4O2S/c1-24-13-15(7-8-18(24)26)19(27)25-11-9-21(10-12-25,16-5-3-2-4-6-16)17-14-28-20(22)23-17/h2-8,13-14H,9-12H2,1H3,(H2,22,23). The molecular weight excluding hydrogens is 372 g/mol. The van der Waals surface area contributed by atoms with Crippen molar-refractivity contribution >= 4 is 22.4 Å². The summed E-state index contributed by atoms with van der Waals surface area (Å²) in [6.45, 7) is 1.24. The minimum atomic E-state index is -0.240. The van der Waals surface area contributed by atoms with Crippen LogP contribution >= 0.6 is 11.3 Å². The summed E-state index contributed by atoms with van der Waals surface area (Å²) >= 11 is 1.45. The summed E-state index contributed by atoms with van der Waals surface area (Å²) in [5.74, 6) is -0.0462. The van der Waals surface area contributed by atoms with Crippen molar-refractivity contribution < 1.29 is 4.79 Å². The predicted molar refractivity (Wildman–Crippen MR) is 111 cm³/mol. The van der Waals surface area contributed by atoms with Gasteiger partial charge in [-0.05, 0) is 24.5 Å². The van der Waals surface area contributed by atoms with Crippen molar-refractivity contribution in [3.05, 3.63) is 81.2 Å². The van der Waals surface area contributed by atoms with Crippen LogP contribution in [0, 0.1) is 0 Å². The van der Waals surface area contributed by atoms with Gasteiger partial charge in [0.05, 0.1) is 11.3 Å². The smallest absolute Gasteiger partial charge is 0.255 e. The molecule has 0 bridgehead atoms. The van der Waals surface area contributed by atoms with Gasteiger partial charge in [-0.1, -0.05) is 30.3 Å². The van der Waals surface area contributed by atoms with Crippen LogP contribution in [0.4, 0.5) is 5.13 Å². The van der Waals surface area contributed by atoms with E-state index in [1.165, 1.54) is 27.5 Å². The van der Waals surface area contributed by atoms with Gasteiger partial charge >= 0.3 is 0 Å². The van der Waals surface area contributed by atoms with Gasteiger partial charge in [-0.25, -0.2) is 4.98 Å². The molecule has 0 unspecified atom stereocenters. The molecule has 144 valence electrons. The van der Waals surface area contributed by atoms with E-state index in [0.717, 1.165) is 18.5 Å². The van der Waals surface area contributed by atoms with Crippen LogP contribution in [0.25, 0.3) is 0 Å². The molecule has 3 aromatic rings. The Morgan fingerprint density at radius 2 is 1.86 bits per heavy atom. The molecule has 1 saturated heterocycles. The van der Waals surface area contributed by atoms with Crippen LogP contribution in [0.1, 0.15) is 34.5 Å². The molecule has 1 aliphatic heterocycles. The first-order valence-electron chi connectivity index (χ1n) is 9.22. The van der Waals surface area contributed by atoms with Gasteiger partial charge in [0.2, 0.25) is 5.56 Å². The van der Waals surface area contributed by atoms with E-state index in [9.17, 15) is 9.59 Å². The molecular formula is C21H22N4O2S. The maximum Gasteiger partial charge on any atom is 0.255 e. The number of hydrogen-bond acceptors (Lipinski definition) is 5. The van der Waals surface area contributed by atoms with Crippen LogP contribution in [0.2, 0.25) is 0 Å². The molecule has 3 heterocycles. The molecule has 0 saturated carbocycles. The number of likely N-dealkylation sites (tertiary alicyclic amines) is 1. The Morgan fingerprint density at radius 1 is 1.14 bits per heavy atom. The van der Waals surface area contributed by atoms with Crippen molar-refractivity contribution in [1.29, 1.82) is 0 Å². The highest BCUT2D eigenvalue weighted by molar-refractivity contribution is 7.13. The topological polar surface area (TPSA) is 81.2 Å². The van der Waals surface area contributed by atoms with Gasteiger partial charge in [0.15, 0.2) is 5.13 Å². The lowest BCUT2D eigenvalue weighted by atomic mass is 9.70. The summed E-state index contributed by atoms with van der Waals surface area (Å²) in [7, 11) is 1.66. The molecule has 1 aliphatic rings. The van der Waals surface area contributed by atoms with E-state index in [1.807, 2.05) is 28.5 Å². The highest BCUT2D eigenvalue weighted by atomic mass is 32.1. The first-order valence-corrected chi connectivity index (χ1v) is 10.1. The number of aromatic nitrogens is 2. The van der Waals surface area contributed by atoms with Crippen molar-refractivity contribution in [2.24, 2.45) is 7.05 Å². The molecule has 6 nitrogen and oxygen atoms in total. The van der Waals surface area contributed by atoms with E-state index in [4.69, 9.17) is 5.73 Å². The zero-order valence-electron chi connectivity index (χ0n) is 15.7. The molecule has 0 spiro atoms.